The van der Waals surface area contributed by atoms with Gasteiger partial charge in [-0.05, 0) is 47.5 Å². The summed E-state index contributed by atoms with van der Waals surface area (Å²) in [5.41, 5.74) is 2.01. The zero-order valence-electron chi connectivity index (χ0n) is 17.5. The number of aromatic hydroxyl groups is 2. The number of benzene rings is 2. The molecule has 0 unspecified atom stereocenters. The highest BCUT2D eigenvalue weighted by atomic mass is 32.2. The van der Waals surface area contributed by atoms with Crippen LogP contribution in [0.1, 0.15) is 28.4 Å². The van der Waals surface area contributed by atoms with Gasteiger partial charge in [0.05, 0.1) is 30.2 Å². The number of carbonyl (C=O) groups is 3. The highest BCUT2D eigenvalue weighted by molar-refractivity contribution is 8.18. The van der Waals surface area contributed by atoms with Crippen LogP contribution < -0.4 is 5.32 Å². The number of aryl methyl sites for hydroxylation is 1. The van der Waals surface area contributed by atoms with Crippen molar-refractivity contribution in [2.75, 3.05) is 26.3 Å². The largest absolute Gasteiger partial charge is 0.504 e. The number of amides is 3. The molecule has 1 heterocycles. The Bertz CT molecular complexity index is 1040. The van der Waals surface area contributed by atoms with Gasteiger partial charge < -0.3 is 20.3 Å². The molecule has 1 aliphatic heterocycles. The Morgan fingerprint density at radius 2 is 1.88 bits per heavy atom. The molecule has 168 valence electrons. The molecular formula is C23H24N2O6S. The van der Waals surface area contributed by atoms with Gasteiger partial charge in [0.25, 0.3) is 17.1 Å². The zero-order chi connectivity index (χ0) is 23.1. The van der Waals surface area contributed by atoms with Crippen LogP contribution in [-0.2, 0) is 16.0 Å². The second kappa shape index (κ2) is 10.8. The van der Waals surface area contributed by atoms with Crippen molar-refractivity contribution in [1.82, 2.24) is 10.2 Å². The fourth-order valence-corrected chi connectivity index (χ4v) is 3.86. The molecule has 32 heavy (non-hydrogen) atoms. The second-order valence-corrected chi connectivity index (χ2v) is 7.96. The van der Waals surface area contributed by atoms with E-state index in [1.54, 1.807) is 6.08 Å². The highest BCUT2D eigenvalue weighted by Gasteiger charge is 2.34. The van der Waals surface area contributed by atoms with Gasteiger partial charge in [-0.3, -0.25) is 19.3 Å². The van der Waals surface area contributed by atoms with Gasteiger partial charge in [0.2, 0.25) is 0 Å². The van der Waals surface area contributed by atoms with Gasteiger partial charge in [-0.1, -0.05) is 37.3 Å². The summed E-state index contributed by atoms with van der Waals surface area (Å²) in [7, 11) is 0. The first-order valence-corrected chi connectivity index (χ1v) is 10.9. The quantitative estimate of drug-likeness (QED) is 0.302. The van der Waals surface area contributed by atoms with Gasteiger partial charge in [-0.15, -0.1) is 0 Å². The van der Waals surface area contributed by atoms with Crippen molar-refractivity contribution in [2.24, 2.45) is 0 Å². The van der Waals surface area contributed by atoms with E-state index in [1.165, 1.54) is 23.8 Å². The number of rotatable bonds is 9. The van der Waals surface area contributed by atoms with E-state index in [9.17, 15) is 24.6 Å². The summed E-state index contributed by atoms with van der Waals surface area (Å²) >= 11 is 0.901. The van der Waals surface area contributed by atoms with E-state index < -0.39 is 11.7 Å². The van der Waals surface area contributed by atoms with E-state index in [0.29, 0.717) is 4.91 Å². The molecule has 2 aromatic rings. The summed E-state index contributed by atoms with van der Waals surface area (Å²) in [5, 5.41) is 21.4. The number of hydrogen-bond donors (Lipinski definition) is 3. The number of nitrogens with zero attached hydrogens (tertiary/aromatic N) is 1. The smallest absolute Gasteiger partial charge is 0.293 e. The predicted octanol–water partition coefficient (Wildman–Crippen LogP) is 3.14. The second-order valence-electron chi connectivity index (χ2n) is 6.97. The van der Waals surface area contributed by atoms with E-state index in [0.717, 1.165) is 28.6 Å². The van der Waals surface area contributed by atoms with Crippen LogP contribution in [0.15, 0.2) is 47.4 Å². The van der Waals surface area contributed by atoms with Crippen LogP contribution in [0.3, 0.4) is 0 Å². The van der Waals surface area contributed by atoms with Crippen molar-refractivity contribution in [3.8, 4) is 11.5 Å². The molecule has 0 aromatic heterocycles. The first-order valence-electron chi connectivity index (χ1n) is 10.1. The standard InChI is InChI=1S/C23H24N2O6S/c1-2-15-6-8-16(9-7-15)14-19-22(29)25(23(30)32-19)11-13-31-12-10-24-21(28)17-4-3-5-18(26)20(17)27/h3-9,14,26-27H,2,10-13H2,1H3,(H,24,28). The molecule has 1 saturated heterocycles. The number of hydrogen-bond acceptors (Lipinski definition) is 7. The zero-order valence-corrected chi connectivity index (χ0v) is 18.4. The number of nitrogens with one attached hydrogen (secondary N) is 1. The number of ether oxygens (including phenoxy) is 1. The lowest BCUT2D eigenvalue weighted by atomic mass is 10.1. The third-order valence-corrected chi connectivity index (χ3v) is 5.72. The Morgan fingerprint density at radius 1 is 1.12 bits per heavy atom. The lowest BCUT2D eigenvalue weighted by Crippen LogP contribution is -2.33. The van der Waals surface area contributed by atoms with Gasteiger partial charge in [0.15, 0.2) is 11.5 Å². The van der Waals surface area contributed by atoms with Crippen LogP contribution in [0.2, 0.25) is 0 Å². The van der Waals surface area contributed by atoms with E-state index in [-0.39, 0.29) is 48.8 Å². The number of carbonyl (C=O) groups excluding carboxylic acids is 3. The maximum absolute atomic E-state index is 12.5. The Labute approximate surface area is 189 Å². The van der Waals surface area contributed by atoms with Crippen LogP contribution >= 0.6 is 11.8 Å². The lowest BCUT2D eigenvalue weighted by Gasteiger charge is -2.13. The average Bonchev–Trinajstić information content (AvgIpc) is 3.05. The van der Waals surface area contributed by atoms with Crippen LogP contribution in [0, 0.1) is 0 Å². The maximum atomic E-state index is 12.5. The van der Waals surface area contributed by atoms with Crippen molar-refractivity contribution in [1.29, 1.82) is 0 Å². The molecule has 0 aliphatic carbocycles. The first-order chi connectivity index (χ1) is 15.4. The van der Waals surface area contributed by atoms with Crippen LogP contribution in [0.4, 0.5) is 4.79 Å². The number of imide groups is 1. The van der Waals surface area contributed by atoms with E-state index >= 15 is 0 Å². The number of phenolic OH excluding ortho intramolecular Hbond substituents is 2. The molecule has 3 rings (SSSR count). The minimum atomic E-state index is -0.551. The number of thioether (sulfide) groups is 1. The normalized spacial score (nSPS) is 14.9. The summed E-state index contributed by atoms with van der Waals surface area (Å²) < 4.78 is 5.41. The molecule has 2 aromatic carbocycles. The van der Waals surface area contributed by atoms with Crippen molar-refractivity contribution < 1.29 is 29.3 Å². The van der Waals surface area contributed by atoms with Gasteiger partial charge in [-0.25, -0.2) is 0 Å². The molecule has 1 aliphatic rings. The van der Waals surface area contributed by atoms with Crippen LogP contribution in [-0.4, -0.2) is 58.5 Å². The fraction of sp³-hybridized carbons (Fsp3) is 0.261. The van der Waals surface area contributed by atoms with Crippen molar-refractivity contribution >= 4 is 34.9 Å². The Morgan fingerprint density at radius 3 is 2.59 bits per heavy atom. The van der Waals surface area contributed by atoms with Crippen molar-refractivity contribution in [2.45, 2.75) is 13.3 Å². The molecule has 0 bridgehead atoms. The van der Waals surface area contributed by atoms with E-state index in [2.05, 4.69) is 12.2 Å². The molecule has 3 amide bonds. The predicted molar refractivity (Wildman–Crippen MR) is 121 cm³/mol. The van der Waals surface area contributed by atoms with E-state index in [4.69, 9.17) is 4.74 Å². The minimum absolute atomic E-state index is 0.0427. The van der Waals surface area contributed by atoms with Gasteiger partial charge in [0, 0.05) is 6.54 Å². The molecule has 0 atom stereocenters. The van der Waals surface area contributed by atoms with Gasteiger partial charge in [-0.2, -0.15) is 0 Å². The SMILES string of the molecule is CCc1ccc(C=C2SC(=O)N(CCOCCNC(=O)c3cccc(O)c3O)C2=O)cc1. The molecule has 8 nitrogen and oxygen atoms in total. The lowest BCUT2D eigenvalue weighted by molar-refractivity contribution is -0.123. The highest BCUT2D eigenvalue weighted by Crippen LogP contribution is 2.32. The molecule has 3 N–H and O–H groups in total. The minimum Gasteiger partial charge on any atom is -0.504 e. The molecule has 9 heteroatoms. The monoisotopic (exact) mass is 456 g/mol. The molecular weight excluding hydrogens is 432 g/mol. The third kappa shape index (κ3) is 5.68. The third-order valence-electron chi connectivity index (χ3n) is 4.81. The summed E-state index contributed by atoms with van der Waals surface area (Å²) in [6, 6.07) is 11.9. The van der Waals surface area contributed by atoms with Crippen LogP contribution in [0.5, 0.6) is 11.5 Å². The molecule has 0 radical (unpaired) electrons. The molecule has 0 saturated carbocycles. The first kappa shape index (κ1) is 23.4. The Hall–Kier alpha value is -3.30. The van der Waals surface area contributed by atoms with Gasteiger partial charge in [0.1, 0.15) is 0 Å². The van der Waals surface area contributed by atoms with Gasteiger partial charge >= 0.3 is 0 Å². The maximum Gasteiger partial charge on any atom is 0.293 e. The average molecular weight is 457 g/mol. The summed E-state index contributed by atoms with van der Waals surface area (Å²) in [6.45, 7) is 2.61. The fourth-order valence-electron chi connectivity index (χ4n) is 3.00. The van der Waals surface area contributed by atoms with Crippen LogP contribution in [0.25, 0.3) is 6.08 Å². The number of para-hydroxylation sites is 1. The van der Waals surface area contributed by atoms with Crippen molar-refractivity contribution in [3.05, 3.63) is 64.1 Å². The summed E-state index contributed by atoms with van der Waals surface area (Å²) in [6.07, 6.45) is 2.64. The number of phenols is 2. The Kier molecular flexibility index (Phi) is 7.91. The van der Waals surface area contributed by atoms with E-state index in [1.807, 2.05) is 24.3 Å². The topological polar surface area (TPSA) is 116 Å². The molecule has 0 spiro atoms. The Balaban J connectivity index is 1.42. The summed E-state index contributed by atoms with van der Waals surface area (Å²) in [4.78, 5) is 38.2. The summed E-state index contributed by atoms with van der Waals surface area (Å²) in [5.74, 6) is -1.77. The van der Waals surface area contributed by atoms with Crippen molar-refractivity contribution in [3.63, 3.8) is 0 Å². The molecule has 1 fully saturated rings.